The maximum atomic E-state index is 12.1. The SMILES string of the molecule is COc1ccc(C)c(C2=NC(C)=CC3C(=O)NC=NC23)c1C. The monoisotopic (exact) mass is 297 g/mol. The lowest BCUT2D eigenvalue weighted by Gasteiger charge is -2.30. The predicted octanol–water partition coefficient (Wildman–Crippen LogP) is 2.16. The lowest BCUT2D eigenvalue weighted by atomic mass is 9.84. The van der Waals surface area contributed by atoms with Crippen LogP contribution in [0.25, 0.3) is 0 Å². The molecule has 1 N–H and O–H groups in total. The number of carbonyl (C=O) groups is 1. The van der Waals surface area contributed by atoms with Gasteiger partial charge in [-0.25, -0.2) is 0 Å². The van der Waals surface area contributed by atoms with E-state index in [-0.39, 0.29) is 17.9 Å². The van der Waals surface area contributed by atoms with E-state index < -0.39 is 0 Å². The zero-order chi connectivity index (χ0) is 15.9. The minimum absolute atomic E-state index is 0.0371. The number of methoxy groups -OCH3 is 1. The van der Waals surface area contributed by atoms with E-state index >= 15 is 0 Å². The van der Waals surface area contributed by atoms with Gasteiger partial charge in [-0.1, -0.05) is 6.07 Å². The average Bonchev–Trinajstić information content (AvgIpc) is 2.48. The second kappa shape index (κ2) is 5.40. The Balaban J connectivity index is 2.19. The fraction of sp³-hybridized carbons (Fsp3) is 0.353. The van der Waals surface area contributed by atoms with Crippen molar-refractivity contribution in [2.24, 2.45) is 15.9 Å². The summed E-state index contributed by atoms with van der Waals surface area (Å²) in [6.07, 6.45) is 3.35. The first kappa shape index (κ1) is 14.5. The van der Waals surface area contributed by atoms with Crippen LogP contribution in [0.15, 0.2) is 33.9 Å². The van der Waals surface area contributed by atoms with Gasteiger partial charge in [-0.2, -0.15) is 0 Å². The Bertz CT molecular complexity index is 732. The van der Waals surface area contributed by atoms with Crippen LogP contribution in [0.2, 0.25) is 0 Å². The van der Waals surface area contributed by atoms with Gasteiger partial charge in [0.15, 0.2) is 0 Å². The lowest BCUT2D eigenvalue weighted by molar-refractivity contribution is -0.122. The summed E-state index contributed by atoms with van der Waals surface area (Å²) in [5, 5.41) is 2.67. The number of nitrogens with zero attached hydrogens (tertiary/aromatic N) is 2. The van der Waals surface area contributed by atoms with Crippen LogP contribution in [0.3, 0.4) is 0 Å². The molecule has 0 fully saturated rings. The Morgan fingerprint density at radius 1 is 1.23 bits per heavy atom. The summed E-state index contributed by atoms with van der Waals surface area (Å²) in [6, 6.07) is 3.69. The largest absolute Gasteiger partial charge is 0.496 e. The molecular formula is C17H19N3O2. The molecule has 0 spiro atoms. The molecule has 22 heavy (non-hydrogen) atoms. The third-order valence-electron chi connectivity index (χ3n) is 4.18. The fourth-order valence-corrected chi connectivity index (χ4v) is 3.12. The standard InChI is InChI=1S/C17H19N3O2/c1-9-5-6-13(22-4)11(3)14(9)16-15-12(7-10(2)20-16)17(21)19-8-18-15/h5-8,12,15H,1-4H3,(H,18,19,21). The molecule has 2 aliphatic rings. The topological polar surface area (TPSA) is 63.0 Å². The van der Waals surface area contributed by atoms with E-state index in [9.17, 15) is 4.79 Å². The Kier molecular flexibility index (Phi) is 3.56. The van der Waals surface area contributed by atoms with Crippen LogP contribution >= 0.6 is 0 Å². The number of ether oxygens (including phenoxy) is 1. The summed E-state index contributed by atoms with van der Waals surface area (Å²) < 4.78 is 5.43. The number of benzene rings is 1. The number of nitrogens with one attached hydrogen (secondary N) is 1. The maximum absolute atomic E-state index is 12.1. The summed E-state index contributed by atoms with van der Waals surface area (Å²) in [6.45, 7) is 5.96. The van der Waals surface area contributed by atoms with Gasteiger partial charge < -0.3 is 10.1 Å². The molecule has 0 radical (unpaired) electrons. The zero-order valence-electron chi connectivity index (χ0n) is 13.2. The highest BCUT2D eigenvalue weighted by Crippen LogP contribution is 2.31. The number of allylic oxidation sites excluding steroid dienone is 1. The molecule has 0 bridgehead atoms. The van der Waals surface area contributed by atoms with E-state index in [2.05, 4.69) is 10.3 Å². The maximum Gasteiger partial charge on any atom is 0.234 e. The quantitative estimate of drug-likeness (QED) is 0.909. The van der Waals surface area contributed by atoms with Gasteiger partial charge in [0.05, 0.1) is 25.1 Å². The zero-order valence-corrected chi connectivity index (χ0v) is 13.2. The number of hydrogen-bond acceptors (Lipinski definition) is 4. The van der Waals surface area contributed by atoms with E-state index in [1.807, 2.05) is 39.0 Å². The van der Waals surface area contributed by atoms with Gasteiger partial charge in [-0.3, -0.25) is 14.8 Å². The molecule has 5 nitrogen and oxygen atoms in total. The smallest absolute Gasteiger partial charge is 0.234 e. The summed E-state index contributed by atoms with van der Waals surface area (Å²) >= 11 is 0. The summed E-state index contributed by atoms with van der Waals surface area (Å²) in [5.41, 5.74) is 4.83. The van der Waals surface area contributed by atoms with Crippen LogP contribution in [0.5, 0.6) is 5.75 Å². The average molecular weight is 297 g/mol. The van der Waals surface area contributed by atoms with Gasteiger partial charge in [-0.15, -0.1) is 0 Å². The molecule has 1 aromatic carbocycles. The van der Waals surface area contributed by atoms with Gasteiger partial charge >= 0.3 is 0 Å². The minimum Gasteiger partial charge on any atom is -0.496 e. The van der Waals surface area contributed by atoms with Crippen LogP contribution in [0.1, 0.15) is 23.6 Å². The van der Waals surface area contributed by atoms with Crippen LogP contribution in [0, 0.1) is 19.8 Å². The third kappa shape index (κ3) is 2.22. The molecule has 5 heteroatoms. The van der Waals surface area contributed by atoms with Crippen LogP contribution in [0.4, 0.5) is 0 Å². The Morgan fingerprint density at radius 2 is 2.00 bits per heavy atom. The molecule has 0 saturated heterocycles. The molecule has 114 valence electrons. The van der Waals surface area contributed by atoms with E-state index in [4.69, 9.17) is 9.73 Å². The van der Waals surface area contributed by atoms with Gasteiger partial charge in [0.1, 0.15) is 11.8 Å². The number of aryl methyl sites for hydroxylation is 1. The second-order valence-electron chi connectivity index (χ2n) is 5.65. The molecule has 3 rings (SSSR count). The van der Waals surface area contributed by atoms with Gasteiger partial charge in [0.2, 0.25) is 5.91 Å². The molecule has 2 unspecified atom stereocenters. The molecular weight excluding hydrogens is 278 g/mol. The Labute approximate surface area is 129 Å². The van der Waals surface area contributed by atoms with E-state index in [1.165, 1.54) is 6.34 Å². The molecule has 2 atom stereocenters. The third-order valence-corrected chi connectivity index (χ3v) is 4.18. The predicted molar refractivity (Wildman–Crippen MR) is 86.7 cm³/mol. The van der Waals surface area contributed by atoms with Crippen molar-refractivity contribution in [3.8, 4) is 5.75 Å². The Hall–Kier alpha value is -2.43. The van der Waals surface area contributed by atoms with Crippen molar-refractivity contribution < 1.29 is 9.53 Å². The molecule has 2 aliphatic heterocycles. The number of hydrogen-bond donors (Lipinski definition) is 1. The van der Waals surface area contributed by atoms with Gasteiger partial charge in [-0.05, 0) is 38.5 Å². The lowest BCUT2D eigenvalue weighted by Crippen LogP contribution is -2.45. The molecule has 0 saturated carbocycles. The normalized spacial score (nSPS) is 23.4. The number of aliphatic imine (C=N–C) groups is 2. The summed E-state index contributed by atoms with van der Waals surface area (Å²) in [5.74, 6) is 0.476. The highest BCUT2D eigenvalue weighted by atomic mass is 16.5. The molecule has 0 aliphatic carbocycles. The second-order valence-corrected chi connectivity index (χ2v) is 5.65. The van der Waals surface area contributed by atoms with Crippen molar-refractivity contribution in [2.45, 2.75) is 26.8 Å². The van der Waals surface area contributed by atoms with Crippen molar-refractivity contribution in [1.29, 1.82) is 0 Å². The Morgan fingerprint density at radius 3 is 2.73 bits per heavy atom. The summed E-state index contributed by atoms with van der Waals surface area (Å²) in [7, 11) is 1.66. The first-order valence-electron chi connectivity index (χ1n) is 7.26. The first-order valence-corrected chi connectivity index (χ1v) is 7.26. The van der Waals surface area contributed by atoms with Crippen molar-refractivity contribution >= 4 is 18.0 Å². The summed E-state index contributed by atoms with van der Waals surface area (Å²) in [4.78, 5) is 21.3. The molecule has 1 amide bonds. The van der Waals surface area contributed by atoms with Crippen LogP contribution in [-0.4, -0.2) is 31.1 Å². The fourth-order valence-electron chi connectivity index (χ4n) is 3.12. The number of fused-ring (bicyclic) bond motifs is 1. The van der Waals surface area contributed by atoms with Crippen molar-refractivity contribution in [1.82, 2.24) is 5.32 Å². The van der Waals surface area contributed by atoms with Crippen molar-refractivity contribution in [3.05, 3.63) is 40.6 Å². The number of carbonyl (C=O) groups excluding carboxylic acids is 1. The van der Waals surface area contributed by atoms with Gasteiger partial charge in [0.25, 0.3) is 0 Å². The number of amides is 1. The minimum atomic E-state index is -0.303. The van der Waals surface area contributed by atoms with Crippen LogP contribution < -0.4 is 10.1 Å². The van der Waals surface area contributed by atoms with Crippen molar-refractivity contribution in [3.63, 3.8) is 0 Å². The molecule has 0 aromatic heterocycles. The van der Waals surface area contributed by atoms with Crippen molar-refractivity contribution in [2.75, 3.05) is 7.11 Å². The van der Waals surface area contributed by atoms with E-state index in [0.29, 0.717) is 0 Å². The highest BCUT2D eigenvalue weighted by molar-refractivity contribution is 6.12. The van der Waals surface area contributed by atoms with E-state index in [0.717, 1.165) is 33.8 Å². The van der Waals surface area contributed by atoms with E-state index in [1.54, 1.807) is 7.11 Å². The first-order chi connectivity index (χ1) is 10.5. The van der Waals surface area contributed by atoms with Gasteiger partial charge in [0, 0.05) is 16.8 Å². The van der Waals surface area contributed by atoms with Crippen LogP contribution in [-0.2, 0) is 4.79 Å². The molecule has 2 heterocycles. The molecule has 1 aromatic rings. The highest BCUT2D eigenvalue weighted by Gasteiger charge is 2.36. The number of rotatable bonds is 2.